The normalized spacial score (nSPS) is 24.2. The Morgan fingerprint density at radius 1 is 1.56 bits per heavy atom. The highest BCUT2D eigenvalue weighted by Crippen LogP contribution is 2.27. The molecule has 0 amide bonds. The van der Waals surface area contributed by atoms with Gasteiger partial charge in [-0.3, -0.25) is 0 Å². The summed E-state index contributed by atoms with van der Waals surface area (Å²) < 4.78 is 27.6. The van der Waals surface area contributed by atoms with Gasteiger partial charge in [0.05, 0.1) is 6.33 Å². The maximum absolute atomic E-state index is 12.2. The molecule has 0 atom stereocenters. The second-order valence-electron chi connectivity index (χ2n) is 4.93. The van der Waals surface area contributed by atoms with E-state index < -0.39 is 10.0 Å². The van der Waals surface area contributed by atoms with Crippen molar-refractivity contribution in [1.29, 1.82) is 0 Å². The van der Waals surface area contributed by atoms with E-state index in [1.807, 2.05) is 6.92 Å². The molecule has 0 radical (unpaired) electrons. The van der Waals surface area contributed by atoms with Crippen LogP contribution in [-0.2, 0) is 16.6 Å². The number of imidazole rings is 1. The average Bonchev–Trinajstić information content (AvgIpc) is 2.75. The molecular weight excluding hydrogens is 252 g/mol. The first kappa shape index (κ1) is 13.5. The standard InChI is InChI=1S/C11H20N4O2S/c1-3-15-7-11(13-8-15)18(16,17)14(2)6-9-4-10(12)5-9/h7-10H,3-6,12H2,1-2H3. The van der Waals surface area contributed by atoms with Crippen LogP contribution in [0.15, 0.2) is 17.6 Å². The monoisotopic (exact) mass is 272 g/mol. The maximum atomic E-state index is 12.2. The summed E-state index contributed by atoms with van der Waals surface area (Å²) >= 11 is 0. The summed E-state index contributed by atoms with van der Waals surface area (Å²) in [6.45, 7) is 3.18. The fourth-order valence-electron chi connectivity index (χ4n) is 2.20. The van der Waals surface area contributed by atoms with Gasteiger partial charge in [0.15, 0.2) is 5.03 Å². The van der Waals surface area contributed by atoms with Crippen LogP contribution in [0.25, 0.3) is 0 Å². The summed E-state index contributed by atoms with van der Waals surface area (Å²) in [5, 5.41) is 0.121. The lowest BCUT2D eigenvalue weighted by Gasteiger charge is -2.34. The van der Waals surface area contributed by atoms with Crippen LogP contribution in [0.4, 0.5) is 0 Å². The highest BCUT2D eigenvalue weighted by atomic mass is 32.2. The van der Waals surface area contributed by atoms with Crippen LogP contribution in [0, 0.1) is 5.92 Å². The first-order valence-corrected chi connectivity index (χ1v) is 7.61. The van der Waals surface area contributed by atoms with E-state index in [2.05, 4.69) is 4.98 Å². The lowest BCUT2D eigenvalue weighted by Crippen LogP contribution is -2.43. The van der Waals surface area contributed by atoms with Gasteiger partial charge in [0.2, 0.25) is 0 Å². The van der Waals surface area contributed by atoms with Crippen molar-refractivity contribution in [1.82, 2.24) is 13.9 Å². The molecule has 2 N–H and O–H groups in total. The number of hydrogen-bond donors (Lipinski definition) is 1. The third-order valence-corrected chi connectivity index (χ3v) is 5.15. The Balaban J connectivity index is 2.05. The van der Waals surface area contributed by atoms with E-state index in [1.165, 1.54) is 4.31 Å². The Morgan fingerprint density at radius 2 is 2.22 bits per heavy atom. The largest absolute Gasteiger partial charge is 0.336 e. The molecule has 1 heterocycles. The van der Waals surface area contributed by atoms with E-state index >= 15 is 0 Å². The zero-order chi connectivity index (χ0) is 13.3. The molecule has 1 fully saturated rings. The van der Waals surface area contributed by atoms with Gasteiger partial charge in [-0.1, -0.05) is 0 Å². The van der Waals surface area contributed by atoms with Crippen molar-refractivity contribution in [2.45, 2.75) is 37.4 Å². The van der Waals surface area contributed by atoms with Crippen LogP contribution in [0.1, 0.15) is 19.8 Å². The highest BCUT2D eigenvalue weighted by molar-refractivity contribution is 7.89. The minimum absolute atomic E-state index is 0.121. The molecular formula is C11H20N4O2S. The third kappa shape index (κ3) is 2.57. The molecule has 0 aromatic carbocycles. The summed E-state index contributed by atoms with van der Waals surface area (Å²) in [4.78, 5) is 3.95. The summed E-state index contributed by atoms with van der Waals surface area (Å²) in [5.74, 6) is 0.382. The zero-order valence-electron chi connectivity index (χ0n) is 10.8. The molecule has 6 nitrogen and oxygen atoms in total. The molecule has 0 saturated heterocycles. The van der Waals surface area contributed by atoms with Gasteiger partial charge < -0.3 is 10.3 Å². The van der Waals surface area contributed by atoms with Crippen LogP contribution in [0.5, 0.6) is 0 Å². The molecule has 1 saturated carbocycles. The summed E-state index contributed by atoms with van der Waals surface area (Å²) in [6, 6.07) is 0.241. The van der Waals surface area contributed by atoms with Crippen molar-refractivity contribution >= 4 is 10.0 Å². The van der Waals surface area contributed by atoms with Crippen molar-refractivity contribution in [2.24, 2.45) is 11.7 Å². The van der Waals surface area contributed by atoms with E-state index in [4.69, 9.17) is 5.73 Å². The van der Waals surface area contributed by atoms with Gasteiger partial charge >= 0.3 is 0 Å². The number of rotatable bonds is 5. The number of aryl methyl sites for hydroxylation is 1. The highest BCUT2D eigenvalue weighted by Gasteiger charge is 2.31. The van der Waals surface area contributed by atoms with Crippen LogP contribution in [-0.4, -0.2) is 41.9 Å². The van der Waals surface area contributed by atoms with Crippen molar-refractivity contribution in [3.05, 3.63) is 12.5 Å². The van der Waals surface area contributed by atoms with Crippen LogP contribution < -0.4 is 5.73 Å². The smallest absolute Gasteiger partial charge is 0.261 e. The van der Waals surface area contributed by atoms with E-state index in [0.29, 0.717) is 19.0 Å². The molecule has 1 aliphatic carbocycles. The number of hydrogen-bond acceptors (Lipinski definition) is 4. The molecule has 1 aliphatic rings. The minimum atomic E-state index is -3.46. The third-order valence-electron chi connectivity index (χ3n) is 3.44. The molecule has 0 unspecified atom stereocenters. The predicted molar refractivity (Wildman–Crippen MR) is 68.4 cm³/mol. The van der Waals surface area contributed by atoms with Gasteiger partial charge in [0, 0.05) is 32.4 Å². The van der Waals surface area contributed by atoms with Gasteiger partial charge in [0.25, 0.3) is 10.0 Å². The molecule has 0 bridgehead atoms. The number of aromatic nitrogens is 2. The molecule has 0 spiro atoms. The molecule has 18 heavy (non-hydrogen) atoms. The van der Waals surface area contributed by atoms with Crippen molar-refractivity contribution in [3.8, 4) is 0 Å². The van der Waals surface area contributed by atoms with Crippen molar-refractivity contribution < 1.29 is 8.42 Å². The Kier molecular flexibility index (Phi) is 3.74. The molecule has 7 heteroatoms. The number of nitrogens with two attached hydrogens (primary N) is 1. The Bertz CT molecular complexity index is 505. The fourth-order valence-corrected chi connectivity index (χ4v) is 3.38. The second-order valence-corrected chi connectivity index (χ2v) is 6.92. The van der Waals surface area contributed by atoms with Crippen LogP contribution in [0.3, 0.4) is 0 Å². The first-order valence-electron chi connectivity index (χ1n) is 6.17. The molecule has 1 aromatic heterocycles. The fraction of sp³-hybridized carbons (Fsp3) is 0.727. The van der Waals surface area contributed by atoms with Crippen LogP contribution in [0.2, 0.25) is 0 Å². The van der Waals surface area contributed by atoms with E-state index in [-0.39, 0.29) is 11.1 Å². The quantitative estimate of drug-likeness (QED) is 0.833. The average molecular weight is 272 g/mol. The van der Waals surface area contributed by atoms with Crippen LogP contribution >= 0.6 is 0 Å². The minimum Gasteiger partial charge on any atom is -0.336 e. The maximum Gasteiger partial charge on any atom is 0.261 e. The lowest BCUT2D eigenvalue weighted by molar-refractivity contribution is 0.227. The first-order chi connectivity index (χ1) is 8.43. The lowest BCUT2D eigenvalue weighted by atomic mass is 9.81. The summed E-state index contributed by atoms with van der Waals surface area (Å²) in [7, 11) is -1.86. The predicted octanol–water partition coefficient (Wildman–Crippen LogP) is 0.261. The number of nitrogens with zero attached hydrogens (tertiary/aromatic N) is 3. The topological polar surface area (TPSA) is 81.2 Å². The Labute approximate surface area is 108 Å². The van der Waals surface area contributed by atoms with E-state index in [0.717, 1.165) is 12.8 Å². The zero-order valence-corrected chi connectivity index (χ0v) is 11.6. The molecule has 1 aromatic rings. The summed E-state index contributed by atoms with van der Waals surface area (Å²) in [6.07, 6.45) is 4.92. The molecule has 0 aliphatic heterocycles. The Hall–Kier alpha value is -0.920. The van der Waals surface area contributed by atoms with Crippen molar-refractivity contribution in [3.63, 3.8) is 0 Å². The van der Waals surface area contributed by atoms with Gasteiger partial charge in [0.1, 0.15) is 0 Å². The molecule has 102 valence electrons. The molecule has 2 rings (SSSR count). The summed E-state index contributed by atoms with van der Waals surface area (Å²) in [5.41, 5.74) is 5.70. The second kappa shape index (κ2) is 4.99. The van der Waals surface area contributed by atoms with E-state index in [1.54, 1.807) is 24.1 Å². The number of sulfonamides is 1. The SMILES string of the molecule is CCn1cnc(S(=O)(=O)N(C)CC2CC(N)C2)c1. The Morgan fingerprint density at radius 3 is 2.72 bits per heavy atom. The van der Waals surface area contributed by atoms with Gasteiger partial charge in [-0.05, 0) is 25.7 Å². The van der Waals surface area contributed by atoms with Gasteiger partial charge in [-0.15, -0.1) is 0 Å². The van der Waals surface area contributed by atoms with Gasteiger partial charge in [-0.2, -0.15) is 4.31 Å². The van der Waals surface area contributed by atoms with Gasteiger partial charge in [-0.25, -0.2) is 13.4 Å². The van der Waals surface area contributed by atoms with Crippen molar-refractivity contribution in [2.75, 3.05) is 13.6 Å². The van der Waals surface area contributed by atoms with E-state index in [9.17, 15) is 8.42 Å².